The molecule has 0 aliphatic carbocycles. The van der Waals surface area contributed by atoms with Crippen LogP contribution in [0.25, 0.3) is 0 Å². The summed E-state index contributed by atoms with van der Waals surface area (Å²) in [5.41, 5.74) is 0. The topological polar surface area (TPSA) is 32.7 Å². The van der Waals surface area contributed by atoms with Crippen LogP contribution in [0, 0.1) is 0 Å². The van der Waals surface area contributed by atoms with Crippen molar-refractivity contribution in [2.75, 3.05) is 33.4 Å². The van der Waals surface area contributed by atoms with E-state index >= 15 is 0 Å². The molecule has 0 aromatic heterocycles. The molecule has 3 nitrogen and oxygen atoms in total. The zero-order valence-corrected chi connectivity index (χ0v) is 8.42. The molecule has 0 bridgehead atoms. The fraction of sp³-hybridized carbons (Fsp3) is 1.00. The monoisotopic (exact) mass is 175 g/mol. The molecule has 0 spiro atoms. The normalized spacial score (nSPS) is 13.8. The number of methoxy groups -OCH3 is 1. The SMILES string of the molecule is CCCN(CCO)C(C)COC. The highest BCUT2D eigenvalue weighted by Gasteiger charge is 2.11. The number of aliphatic hydroxyl groups is 1. The first kappa shape index (κ1) is 11.9. The molecule has 0 rings (SSSR count). The fourth-order valence-electron chi connectivity index (χ4n) is 1.31. The number of hydrogen-bond acceptors (Lipinski definition) is 3. The van der Waals surface area contributed by atoms with Gasteiger partial charge in [0.15, 0.2) is 0 Å². The maximum Gasteiger partial charge on any atom is 0.0615 e. The van der Waals surface area contributed by atoms with E-state index in [1.807, 2.05) is 0 Å². The summed E-state index contributed by atoms with van der Waals surface area (Å²) in [6.07, 6.45) is 1.12. The van der Waals surface area contributed by atoms with Crippen LogP contribution in [0.5, 0.6) is 0 Å². The zero-order valence-electron chi connectivity index (χ0n) is 8.42. The molecule has 1 unspecified atom stereocenters. The van der Waals surface area contributed by atoms with Crippen molar-refractivity contribution in [2.24, 2.45) is 0 Å². The molecule has 0 radical (unpaired) electrons. The van der Waals surface area contributed by atoms with Gasteiger partial charge >= 0.3 is 0 Å². The van der Waals surface area contributed by atoms with Gasteiger partial charge in [0.25, 0.3) is 0 Å². The molecular weight excluding hydrogens is 154 g/mol. The third kappa shape index (κ3) is 4.70. The van der Waals surface area contributed by atoms with Crippen molar-refractivity contribution in [1.82, 2.24) is 4.90 Å². The Morgan fingerprint density at radius 2 is 2.08 bits per heavy atom. The summed E-state index contributed by atoms with van der Waals surface area (Å²) in [4.78, 5) is 2.24. The maximum absolute atomic E-state index is 8.80. The van der Waals surface area contributed by atoms with Gasteiger partial charge in [-0.2, -0.15) is 0 Å². The lowest BCUT2D eigenvalue weighted by Gasteiger charge is -2.27. The molecule has 0 aliphatic heterocycles. The molecule has 0 saturated heterocycles. The minimum atomic E-state index is 0.230. The van der Waals surface area contributed by atoms with E-state index in [0.29, 0.717) is 6.04 Å². The highest BCUT2D eigenvalue weighted by molar-refractivity contribution is 4.65. The quantitative estimate of drug-likeness (QED) is 0.619. The van der Waals surface area contributed by atoms with Crippen LogP contribution in [0.15, 0.2) is 0 Å². The second-order valence-corrected chi connectivity index (χ2v) is 3.06. The number of rotatable bonds is 7. The van der Waals surface area contributed by atoms with Gasteiger partial charge in [0.05, 0.1) is 13.2 Å². The largest absolute Gasteiger partial charge is 0.395 e. The molecule has 0 aromatic rings. The van der Waals surface area contributed by atoms with Crippen molar-refractivity contribution in [3.05, 3.63) is 0 Å². The Bertz CT molecular complexity index is 92.5. The molecular formula is C9H21NO2. The number of aliphatic hydroxyl groups excluding tert-OH is 1. The standard InChI is InChI=1S/C9H21NO2/c1-4-5-10(6-7-11)9(2)8-12-3/h9,11H,4-8H2,1-3H3. The molecule has 74 valence electrons. The van der Waals surface area contributed by atoms with E-state index in [0.717, 1.165) is 26.1 Å². The Morgan fingerprint density at radius 1 is 1.42 bits per heavy atom. The molecule has 0 fully saturated rings. The Hall–Kier alpha value is -0.120. The van der Waals surface area contributed by atoms with Crippen LogP contribution in [0.2, 0.25) is 0 Å². The smallest absolute Gasteiger partial charge is 0.0615 e. The highest BCUT2D eigenvalue weighted by Crippen LogP contribution is 1.99. The highest BCUT2D eigenvalue weighted by atomic mass is 16.5. The summed E-state index contributed by atoms with van der Waals surface area (Å²) in [7, 11) is 1.71. The molecule has 1 N–H and O–H groups in total. The Labute approximate surface area is 75.3 Å². The van der Waals surface area contributed by atoms with Gasteiger partial charge in [-0.3, -0.25) is 4.90 Å². The number of hydrogen-bond donors (Lipinski definition) is 1. The molecule has 0 heterocycles. The van der Waals surface area contributed by atoms with Crippen LogP contribution in [0.4, 0.5) is 0 Å². The van der Waals surface area contributed by atoms with Crippen LogP contribution in [0.1, 0.15) is 20.3 Å². The minimum absolute atomic E-state index is 0.230. The van der Waals surface area contributed by atoms with E-state index in [2.05, 4.69) is 18.7 Å². The van der Waals surface area contributed by atoms with Crippen molar-refractivity contribution in [2.45, 2.75) is 26.3 Å². The third-order valence-corrected chi connectivity index (χ3v) is 1.93. The van der Waals surface area contributed by atoms with Gasteiger partial charge < -0.3 is 9.84 Å². The van der Waals surface area contributed by atoms with Crippen LogP contribution in [0.3, 0.4) is 0 Å². The predicted molar refractivity (Wildman–Crippen MR) is 50.3 cm³/mol. The molecule has 0 amide bonds. The molecule has 12 heavy (non-hydrogen) atoms. The maximum atomic E-state index is 8.80. The summed E-state index contributed by atoms with van der Waals surface area (Å²) in [6, 6.07) is 0.405. The van der Waals surface area contributed by atoms with Gasteiger partial charge in [-0.05, 0) is 19.9 Å². The van der Waals surface area contributed by atoms with Gasteiger partial charge in [-0.1, -0.05) is 6.92 Å². The molecule has 0 aliphatic rings. The van der Waals surface area contributed by atoms with Gasteiger partial charge in [-0.25, -0.2) is 0 Å². The molecule has 1 atom stereocenters. The number of nitrogens with zero attached hydrogens (tertiary/aromatic N) is 1. The summed E-state index contributed by atoms with van der Waals surface area (Å²) >= 11 is 0. The van der Waals surface area contributed by atoms with Crippen molar-refractivity contribution in [3.63, 3.8) is 0 Å². The van der Waals surface area contributed by atoms with E-state index < -0.39 is 0 Å². The van der Waals surface area contributed by atoms with Gasteiger partial charge in [0.1, 0.15) is 0 Å². The van der Waals surface area contributed by atoms with Crippen molar-refractivity contribution < 1.29 is 9.84 Å². The lowest BCUT2D eigenvalue weighted by atomic mass is 10.2. The minimum Gasteiger partial charge on any atom is -0.395 e. The van der Waals surface area contributed by atoms with Gasteiger partial charge in [-0.15, -0.1) is 0 Å². The fourth-order valence-corrected chi connectivity index (χ4v) is 1.31. The van der Waals surface area contributed by atoms with Crippen LogP contribution < -0.4 is 0 Å². The second kappa shape index (κ2) is 7.53. The summed E-state index contributed by atoms with van der Waals surface area (Å²) in [5, 5.41) is 8.80. The first-order valence-corrected chi connectivity index (χ1v) is 4.60. The Balaban J connectivity index is 3.72. The van der Waals surface area contributed by atoms with Crippen LogP contribution in [-0.2, 0) is 4.74 Å². The van der Waals surface area contributed by atoms with E-state index in [9.17, 15) is 0 Å². The summed E-state index contributed by atoms with van der Waals surface area (Å²) in [6.45, 7) is 7.01. The van der Waals surface area contributed by atoms with E-state index in [-0.39, 0.29) is 6.61 Å². The Morgan fingerprint density at radius 3 is 2.50 bits per heavy atom. The van der Waals surface area contributed by atoms with Crippen LogP contribution in [-0.4, -0.2) is 49.5 Å². The Kier molecular flexibility index (Phi) is 7.45. The molecule has 3 heteroatoms. The van der Waals surface area contributed by atoms with E-state index in [1.165, 1.54) is 0 Å². The van der Waals surface area contributed by atoms with E-state index in [1.54, 1.807) is 7.11 Å². The first-order valence-electron chi connectivity index (χ1n) is 4.60. The second-order valence-electron chi connectivity index (χ2n) is 3.06. The lowest BCUT2D eigenvalue weighted by molar-refractivity contribution is 0.0854. The summed E-state index contributed by atoms with van der Waals surface area (Å²) in [5.74, 6) is 0. The predicted octanol–water partition coefficient (Wildman–Crippen LogP) is 0.726. The average molecular weight is 175 g/mol. The first-order chi connectivity index (χ1) is 5.76. The number of ether oxygens (including phenoxy) is 1. The zero-order chi connectivity index (χ0) is 9.40. The van der Waals surface area contributed by atoms with Crippen molar-refractivity contribution >= 4 is 0 Å². The molecule has 0 saturated carbocycles. The van der Waals surface area contributed by atoms with Crippen molar-refractivity contribution in [1.29, 1.82) is 0 Å². The van der Waals surface area contributed by atoms with Gasteiger partial charge in [0, 0.05) is 19.7 Å². The van der Waals surface area contributed by atoms with Gasteiger partial charge in [0.2, 0.25) is 0 Å². The van der Waals surface area contributed by atoms with Crippen molar-refractivity contribution in [3.8, 4) is 0 Å². The average Bonchev–Trinajstić information content (AvgIpc) is 2.04. The lowest BCUT2D eigenvalue weighted by Crippen LogP contribution is -2.38. The third-order valence-electron chi connectivity index (χ3n) is 1.93. The van der Waals surface area contributed by atoms with E-state index in [4.69, 9.17) is 9.84 Å². The van der Waals surface area contributed by atoms with Crippen LogP contribution >= 0.6 is 0 Å². The summed E-state index contributed by atoms with van der Waals surface area (Å²) < 4.78 is 5.05. The molecule has 0 aromatic carbocycles.